The van der Waals surface area contributed by atoms with Gasteiger partial charge in [-0.05, 0) is 55.0 Å². The van der Waals surface area contributed by atoms with Crippen molar-refractivity contribution in [2.45, 2.75) is 25.7 Å². The van der Waals surface area contributed by atoms with Gasteiger partial charge in [-0.3, -0.25) is 0 Å². The molecule has 0 spiro atoms. The maximum atomic E-state index is 3.49. The summed E-state index contributed by atoms with van der Waals surface area (Å²) in [6.45, 7) is 3.29. The molecule has 3 heteroatoms. The average molecular weight is 316 g/mol. The summed E-state index contributed by atoms with van der Waals surface area (Å²) in [5.41, 5.74) is 1.45. The van der Waals surface area contributed by atoms with Crippen molar-refractivity contribution >= 4 is 27.7 Å². The molecule has 0 bridgehead atoms. The lowest BCUT2D eigenvalue weighted by Crippen LogP contribution is -2.17. The van der Waals surface area contributed by atoms with Crippen LogP contribution in [0.2, 0.25) is 0 Å². The van der Waals surface area contributed by atoms with Crippen molar-refractivity contribution in [3.63, 3.8) is 0 Å². The average Bonchev–Trinajstić information content (AvgIpc) is 2.34. The van der Waals surface area contributed by atoms with E-state index in [1.54, 1.807) is 0 Å². The van der Waals surface area contributed by atoms with Crippen LogP contribution in [-0.2, 0) is 0 Å². The molecule has 1 N–H and O–H groups in total. The van der Waals surface area contributed by atoms with Crippen LogP contribution in [0.25, 0.3) is 0 Å². The Hall–Kier alpha value is 0.01000. The Balaban J connectivity index is 2.49. The van der Waals surface area contributed by atoms with Crippen molar-refractivity contribution in [1.29, 1.82) is 0 Å². The quantitative estimate of drug-likeness (QED) is 0.718. The van der Waals surface area contributed by atoms with Crippen molar-refractivity contribution in [1.82, 2.24) is 5.32 Å². The molecule has 1 atom stereocenters. The van der Waals surface area contributed by atoms with Crippen LogP contribution in [0, 0.1) is 0 Å². The van der Waals surface area contributed by atoms with Crippen molar-refractivity contribution < 1.29 is 0 Å². The molecule has 1 unspecified atom stereocenters. The Morgan fingerprint density at radius 2 is 2.00 bits per heavy atom. The second-order valence-electron chi connectivity index (χ2n) is 4.15. The zero-order chi connectivity index (χ0) is 12.5. The molecule has 0 aliphatic carbocycles. The van der Waals surface area contributed by atoms with Crippen LogP contribution >= 0.6 is 27.7 Å². The fraction of sp³-hybridized carbons (Fsp3) is 0.571. The van der Waals surface area contributed by atoms with E-state index in [9.17, 15) is 0 Å². The Labute approximate surface area is 118 Å². The van der Waals surface area contributed by atoms with Gasteiger partial charge in [0.25, 0.3) is 0 Å². The summed E-state index contributed by atoms with van der Waals surface area (Å²) in [6.07, 6.45) is 2.58. The van der Waals surface area contributed by atoms with E-state index in [4.69, 9.17) is 0 Å². The predicted molar refractivity (Wildman–Crippen MR) is 83.0 cm³/mol. The standard InChI is InChI=1S/C14H22BrNS/c1-3-17-10-4-5-13(11-16-2)12-6-8-14(15)9-7-12/h6-9,13,16H,3-5,10-11H2,1-2H3. The number of thioether (sulfide) groups is 1. The molecule has 96 valence electrons. The van der Waals surface area contributed by atoms with Gasteiger partial charge in [-0.15, -0.1) is 0 Å². The van der Waals surface area contributed by atoms with Crippen LogP contribution in [0.4, 0.5) is 0 Å². The van der Waals surface area contributed by atoms with E-state index in [0.717, 1.165) is 11.0 Å². The molecule has 17 heavy (non-hydrogen) atoms. The minimum Gasteiger partial charge on any atom is -0.319 e. The third kappa shape index (κ3) is 5.94. The van der Waals surface area contributed by atoms with E-state index >= 15 is 0 Å². The third-order valence-corrected chi connectivity index (χ3v) is 4.35. The van der Waals surface area contributed by atoms with Crippen molar-refractivity contribution in [3.05, 3.63) is 34.3 Å². The Morgan fingerprint density at radius 1 is 1.29 bits per heavy atom. The van der Waals surface area contributed by atoms with Crippen molar-refractivity contribution in [3.8, 4) is 0 Å². The van der Waals surface area contributed by atoms with E-state index in [-0.39, 0.29) is 0 Å². The molecule has 0 heterocycles. The monoisotopic (exact) mass is 315 g/mol. The molecule has 1 aromatic carbocycles. The van der Waals surface area contributed by atoms with E-state index in [1.165, 1.54) is 29.9 Å². The van der Waals surface area contributed by atoms with Crippen molar-refractivity contribution in [2.24, 2.45) is 0 Å². The van der Waals surface area contributed by atoms with Gasteiger partial charge in [0.1, 0.15) is 0 Å². The minimum atomic E-state index is 0.644. The first-order chi connectivity index (χ1) is 8.27. The number of nitrogens with one attached hydrogen (secondary N) is 1. The van der Waals surface area contributed by atoms with Gasteiger partial charge < -0.3 is 5.32 Å². The highest BCUT2D eigenvalue weighted by Crippen LogP contribution is 2.23. The largest absolute Gasteiger partial charge is 0.319 e. The van der Waals surface area contributed by atoms with Crippen LogP contribution in [0.3, 0.4) is 0 Å². The predicted octanol–water partition coefficient (Wildman–Crippen LogP) is 4.29. The first kappa shape index (κ1) is 15.1. The molecule has 0 radical (unpaired) electrons. The van der Waals surface area contributed by atoms with Gasteiger partial charge in [-0.2, -0.15) is 11.8 Å². The second kappa shape index (κ2) is 9.01. The first-order valence-corrected chi connectivity index (χ1v) is 8.20. The van der Waals surface area contributed by atoms with Crippen LogP contribution in [-0.4, -0.2) is 25.1 Å². The maximum absolute atomic E-state index is 3.49. The summed E-state index contributed by atoms with van der Waals surface area (Å²) >= 11 is 5.53. The van der Waals surface area contributed by atoms with Gasteiger partial charge in [-0.1, -0.05) is 35.0 Å². The molecule has 1 nitrogen and oxygen atoms in total. The molecular formula is C14H22BrNS. The summed E-state index contributed by atoms with van der Waals surface area (Å²) in [5, 5.41) is 3.30. The van der Waals surface area contributed by atoms with Gasteiger partial charge in [-0.25, -0.2) is 0 Å². The lowest BCUT2D eigenvalue weighted by atomic mass is 9.94. The minimum absolute atomic E-state index is 0.644. The molecule has 0 saturated carbocycles. The number of benzene rings is 1. The van der Waals surface area contributed by atoms with E-state index < -0.39 is 0 Å². The Kier molecular flexibility index (Phi) is 7.99. The lowest BCUT2D eigenvalue weighted by Gasteiger charge is -2.17. The number of hydrogen-bond acceptors (Lipinski definition) is 2. The maximum Gasteiger partial charge on any atom is 0.0175 e. The van der Waals surface area contributed by atoms with Crippen LogP contribution in [0.5, 0.6) is 0 Å². The zero-order valence-corrected chi connectivity index (χ0v) is 13.1. The van der Waals surface area contributed by atoms with Gasteiger partial charge in [0.15, 0.2) is 0 Å². The molecular weight excluding hydrogens is 294 g/mol. The SMILES string of the molecule is CCSCCCC(CNC)c1ccc(Br)cc1. The smallest absolute Gasteiger partial charge is 0.0175 e. The van der Waals surface area contributed by atoms with Gasteiger partial charge >= 0.3 is 0 Å². The van der Waals surface area contributed by atoms with Crippen LogP contribution < -0.4 is 5.32 Å². The zero-order valence-electron chi connectivity index (χ0n) is 10.7. The highest BCUT2D eigenvalue weighted by Gasteiger charge is 2.10. The number of rotatable bonds is 8. The molecule has 0 aliphatic heterocycles. The molecule has 0 aliphatic rings. The topological polar surface area (TPSA) is 12.0 Å². The summed E-state index contributed by atoms with van der Waals surface area (Å²) in [6, 6.07) is 8.75. The molecule has 0 saturated heterocycles. The Morgan fingerprint density at radius 3 is 2.59 bits per heavy atom. The molecule has 0 fully saturated rings. The number of halogens is 1. The molecule has 1 rings (SSSR count). The van der Waals surface area contributed by atoms with Crippen LogP contribution in [0.1, 0.15) is 31.2 Å². The van der Waals surface area contributed by atoms with Gasteiger partial charge in [0.05, 0.1) is 0 Å². The summed E-state index contributed by atoms with van der Waals surface area (Å²) in [7, 11) is 2.03. The number of likely N-dealkylation sites (N-methyl/N-ethyl adjacent to an activating group) is 1. The Bertz CT molecular complexity index is 300. The highest BCUT2D eigenvalue weighted by molar-refractivity contribution is 9.10. The first-order valence-electron chi connectivity index (χ1n) is 6.25. The second-order valence-corrected chi connectivity index (χ2v) is 6.45. The fourth-order valence-electron chi connectivity index (χ4n) is 1.94. The normalized spacial score (nSPS) is 12.6. The van der Waals surface area contributed by atoms with E-state index in [0.29, 0.717) is 5.92 Å². The molecule has 0 aromatic heterocycles. The van der Waals surface area contributed by atoms with E-state index in [1.807, 2.05) is 18.8 Å². The number of hydrogen-bond donors (Lipinski definition) is 1. The summed E-state index contributed by atoms with van der Waals surface area (Å²) in [4.78, 5) is 0. The summed E-state index contributed by atoms with van der Waals surface area (Å²) in [5.74, 6) is 3.16. The summed E-state index contributed by atoms with van der Waals surface area (Å²) < 4.78 is 1.16. The molecule has 0 amide bonds. The van der Waals surface area contributed by atoms with Gasteiger partial charge in [0.2, 0.25) is 0 Å². The lowest BCUT2D eigenvalue weighted by molar-refractivity contribution is 0.578. The van der Waals surface area contributed by atoms with E-state index in [2.05, 4.69) is 52.4 Å². The molecule has 1 aromatic rings. The van der Waals surface area contributed by atoms with Crippen LogP contribution in [0.15, 0.2) is 28.7 Å². The van der Waals surface area contributed by atoms with Crippen molar-refractivity contribution in [2.75, 3.05) is 25.1 Å². The van der Waals surface area contributed by atoms with Gasteiger partial charge in [0, 0.05) is 11.0 Å². The fourth-order valence-corrected chi connectivity index (χ4v) is 2.87. The third-order valence-electron chi connectivity index (χ3n) is 2.84. The highest BCUT2D eigenvalue weighted by atomic mass is 79.9.